The van der Waals surface area contributed by atoms with Gasteiger partial charge in [-0.25, -0.2) is 12.8 Å². The Kier molecular flexibility index (Phi) is 6.29. The summed E-state index contributed by atoms with van der Waals surface area (Å²) in [4.78, 5) is 11.8. The van der Waals surface area contributed by atoms with E-state index in [1.54, 1.807) is 13.8 Å². The molecule has 1 aromatic rings. The maximum atomic E-state index is 12.9. The first-order valence-corrected chi connectivity index (χ1v) is 8.24. The van der Waals surface area contributed by atoms with E-state index in [2.05, 4.69) is 4.72 Å². The molecule has 21 heavy (non-hydrogen) atoms. The molecule has 118 valence electrons. The standard InChI is InChI=1S/C14H20FNO4S/c1-4-10(3)13(14(17)20-5-2)16-21(18,19)12-8-6-11(15)7-9-12/h6-10,13,16H,4-5H2,1-3H3. The maximum absolute atomic E-state index is 12.9. The fourth-order valence-electron chi connectivity index (χ4n) is 1.71. The Hall–Kier alpha value is -1.47. The molecule has 0 aliphatic heterocycles. The quantitative estimate of drug-likeness (QED) is 0.782. The van der Waals surface area contributed by atoms with Crippen molar-refractivity contribution in [2.24, 2.45) is 5.92 Å². The summed E-state index contributed by atoms with van der Waals surface area (Å²) in [6.07, 6.45) is 0.607. The summed E-state index contributed by atoms with van der Waals surface area (Å²) in [7, 11) is -3.91. The summed E-state index contributed by atoms with van der Waals surface area (Å²) in [5.41, 5.74) is 0. The molecule has 0 radical (unpaired) electrons. The van der Waals surface area contributed by atoms with Gasteiger partial charge in [0.2, 0.25) is 10.0 Å². The number of esters is 1. The number of benzene rings is 1. The first kappa shape index (κ1) is 17.6. The molecule has 5 nitrogen and oxygen atoms in total. The third kappa shape index (κ3) is 4.78. The molecule has 7 heteroatoms. The molecule has 1 N–H and O–H groups in total. The molecule has 0 saturated carbocycles. The van der Waals surface area contributed by atoms with Crippen LogP contribution in [0.15, 0.2) is 29.2 Å². The average Bonchev–Trinajstić information content (AvgIpc) is 2.44. The third-order valence-corrected chi connectivity index (χ3v) is 4.62. The van der Waals surface area contributed by atoms with E-state index in [1.165, 1.54) is 0 Å². The van der Waals surface area contributed by atoms with E-state index in [1.807, 2.05) is 6.92 Å². The lowest BCUT2D eigenvalue weighted by molar-refractivity contribution is -0.146. The summed E-state index contributed by atoms with van der Waals surface area (Å²) in [6.45, 7) is 5.43. The van der Waals surface area contributed by atoms with Crippen LogP contribution < -0.4 is 4.72 Å². The molecular formula is C14H20FNO4S. The molecule has 0 heterocycles. The zero-order valence-corrected chi connectivity index (χ0v) is 13.1. The van der Waals surface area contributed by atoms with Crippen LogP contribution in [-0.2, 0) is 19.6 Å². The monoisotopic (exact) mass is 317 g/mol. The normalized spacial score (nSPS) is 14.5. The van der Waals surface area contributed by atoms with Gasteiger partial charge in [0.15, 0.2) is 0 Å². The van der Waals surface area contributed by atoms with Crippen LogP contribution in [0, 0.1) is 11.7 Å². The van der Waals surface area contributed by atoms with Crippen LogP contribution in [0.3, 0.4) is 0 Å². The van der Waals surface area contributed by atoms with Crippen LogP contribution in [0.25, 0.3) is 0 Å². The molecule has 1 rings (SSSR count). The fourth-order valence-corrected chi connectivity index (χ4v) is 3.01. The Balaban J connectivity index is 3.01. The highest BCUT2D eigenvalue weighted by Crippen LogP contribution is 2.15. The Labute approximate surface area is 124 Å². The van der Waals surface area contributed by atoms with Gasteiger partial charge >= 0.3 is 5.97 Å². The minimum atomic E-state index is -3.91. The number of hydrogen-bond acceptors (Lipinski definition) is 4. The molecule has 0 aromatic heterocycles. The number of carbonyl (C=O) groups is 1. The zero-order valence-electron chi connectivity index (χ0n) is 12.3. The molecule has 1 aromatic carbocycles. The van der Waals surface area contributed by atoms with E-state index in [-0.39, 0.29) is 17.4 Å². The van der Waals surface area contributed by atoms with E-state index < -0.39 is 27.9 Å². The number of sulfonamides is 1. The van der Waals surface area contributed by atoms with Gasteiger partial charge in [0.05, 0.1) is 11.5 Å². The van der Waals surface area contributed by atoms with Crippen LogP contribution in [0.2, 0.25) is 0 Å². The number of halogens is 1. The predicted molar refractivity (Wildman–Crippen MR) is 76.6 cm³/mol. The van der Waals surface area contributed by atoms with Crippen LogP contribution in [-0.4, -0.2) is 27.0 Å². The van der Waals surface area contributed by atoms with E-state index in [0.717, 1.165) is 24.3 Å². The summed E-state index contributed by atoms with van der Waals surface area (Å²) in [6, 6.07) is 3.44. The molecule has 2 unspecified atom stereocenters. The maximum Gasteiger partial charge on any atom is 0.324 e. The highest BCUT2D eigenvalue weighted by atomic mass is 32.2. The number of carbonyl (C=O) groups excluding carboxylic acids is 1. The van der Waals surface area contributed by atoms with Crippen molar-refractivity contribution in [1.29, 1.82) is 0 Å². The molecule has 0 spiro atoms. The Morgan fingerprint density at radius 1 is 1.29 bits per heavy atom. The van der Waals surface area contributed by atoms with Crippen molar-refractivity contribution >= 4 is 16.0 Å². The van der Waals surface area contributed by atoms with Gasteiger partial charge in [0.25, 0.3) is 0 Å². The molecule has 0 saturated heterocycles. The van der Waals surface area contributed by atoms with Gasteiger partial charge < -0.3 is 4.74 Å². The van der Waals surface area contributed by atoms with Crippen molar-refractivity contribution in [2.75, 3.05) is 6.61 Å². The Morgan fingerprint density at radius 3 is 2.33 bits per heavy atom. The lowest BCUT2D eigenvalue weighted by Crippen LogP contribution is -2.45. The fraction of sp³-hybridized carbons (Fsp3) is 0.500. The Morgan fingerprint density at radius 2 is 1.86 bits per heavy atom. The van der Waals surface area contributed by atoms with Crippen molar-refractivity contribution in [3.05, 3.63) is 30.1 Å². The lowest BCUT2D eigenvalue weighted by atomic mass is 10.0. The van der Waals surface area contributed by atoms with Crippen molar-refractivity contribution in [3.8, 4) is 0 Å². The summed E-state index contributed by atoms with van der Waals surface area (Å²) < 4.78 is 44.6. The van der Waals surface area contributed by atoms with E-state index >= 15 is 0 Å². The molecular weight excluding hydrogens is 297 g/mol. The third-order valence-electron chi connectivity index (χ3n) is 3.16. The van der Waals surface area contributed by atoms with Gasteiger partial charge in [-0.15, -0.1) is 0 Å². The lowest BCUT2D eigenvalue weighted by Gasteiger charge is -2.22. The summed E-state index contributed by atoms with van der Waals surface area (Å²) in [5, 5.41) is 0. The van der Waals surface area contributed by atoms with Gasteiger partial charge in [0.1, 0.15) is 11.9 Å². The van der Waals surface area contributed by atoms with Crippen LogP contribution >= 0.6 is 0 Å². The SMILES string of the molecule is CCOC(=O)C(NS(=O)(=O)c1ccc(F)cc1)C(C)CC. The highest BCUT2D eigenvalue weighted by molar-refractivity contribution is 7.89. The average molecular weight is 317 g/mol. The van der Waals surface area contributed by atoms with Crippen molar-refractivity contribution < 1.29 is 22.3 Å². The largest absolute Gasteiger partial charge is 0.465 e. The predicted octanol–water partition coefficient (Wildman–Crippen LogP) is 2.08. The smallest absolute Gasteiger partial charge is 0.324 e. The molecule has 0 aliphatic carbocycles. The molecule has 0 aliphatic rings. The highest BCUT2D eigenvalue weighted by Gasteiger charge is 2.30. The summed E-state index contributed by atoms with van der Waals surface area (Å²) in [5.74, 6) is -1.37. The van der Waals surface area contributed by atoms with Crippen molar-refractivity contribution in [3.63, 3.8) is 0 Å². The van der Waals surface area contributed by atoms with Gasteiger partial charge in [-0.3, -0.25) is 4.79 Å². The van der Waals surface area contributed by atoms with E-state index in [4.69, 9.17) is 4.74 Å². The van der Waals surface area contributed by atoms with Crippen molar-refractivity contribution in [2.45, 2.75) is 38.1 Å². The van der Waals surface area contributed by atoms with Crippen LogP contribution in [0.4, 0.5) is 4.39 Å². The second-order valence-electron chi connectivity index (χ2n) is 4.69. The van der Waals surface area contributed by atoms with Gasteiger partial charge in [0, 0.05) is 0 Å². The second kappa shape index (κ2) is 7.51. The van der Waals surface area contributed by atoms with Crippen molar-refractivity contribution in [1.82, 2.24) is 4.72 Å². The minimum absolute atomic E-state index is 0.0958. The minimum Gasteiger partial charge on any atom is -0.465 e. The molecule has 0 fully saturated rings. The zero-order chi connectivity index (χ0) is 16.0. The van der Waals surface area contributed by atoms with Crippen LogP contribution in [0.1, 0.15) is 27.2 Å². The molecule has 0 bridgehead atoms. The number of ether oxygens (including phenoxy) is 1. The number of rotatable bonds is 7. The number of hydrogen-bond donors (Lipinski definition) is 1. The van der Waals surface area contributed by atoms with Crippen LogP contribution in [0.5, 0.6) is 0 Å². The molecule has 0 amide bonds. The topological polar surface area (TPSA) is 72.5 Å². The Bertz CT molecular complexity index is 571. The van der Waals surface area contributed by atoms with Gasteiger partial charge in [-0.05, 0) is 37.1 Å². The second-order valence-corrected chi connectivity index (χ2v) is 6.40. The van der Waals surface area contributed by atoms with E-state index in [9.17, 15) is 17.6 Å². The van der Waals surface area contributed by atoms with Gasteiger partial charge in [-0.1, -0.05) is 20.3 Å². The number of nitrogens with one attached hydrogen (secondary N) is 1. The first-order chi connectivity index (χ1) is 9.81. The van der Waals surface area contributed by atoms with E-state index in [0.29, 0.717) is 6.42 Å². The van der Waals surface area contributed by atoms with Gasteiger partial charge in [-0.2, -0.15) is 4.72 Å². The first-order valence-electron chi connectivity index (χ1n) is 6.76. The molecule has 2 atom stereocenters. The summed E-state index contributed by atoms with van der Waals surface area (Å²) >= 11 is 0.